The van der Waals surface area contributed by atoms with Gasteiger partial charge in [-0.25, -0.2) is 0 Å². The van der Waals surface area contributed by atoms with Crippen LogP contribution in [-0.4, -0.2) is 5.11 Å². The van der Waals surface area contributed by atoms with Gasteiger partial charge in [0, 0.05) is 5.56 Å². The van der Waals surface area contributed by atoms with E-state index in [2.05, 4.69) is 18.2 Å². The Kier molecular flexibility index (Phi) is 2.17. The molecule has 2 rings (SSSR count). The van der Waals surface area contributed by atoms with Crippen molar-refractivity contribution in [3.05, 3.63) is 41.5 Å². The molecule has 66 valence electrons. The fourth-order valence-electron chi connectivity index (χ4n) is 1.50. The van der Waals surface area contributed by atoms with Crippen molar-refractivity contribution < 1.29 is 5.11 Å². The lowest BCUT2D eigenvalue weighted by Gasteiger charge is -2.05. The molecule has 0 amide bonds. The lowest BCUT2D eigenvalue weighted by molar-refractivity contribution is 0.474. The Balaban J connectivity index is 2.56. The van der Waals surface area contributed by atoms with Crippen LogP contribution < -0.4 is 0 Å². The van der Waals surface area contributed by atoms with Crippen LogP contribution in [0.4, 0.5) is 0 Å². The quantitative estimate of drug-likeness (QED) is 0.637. The molecule has 0 saturated heterocycles. The van der Waals surface area contributed by atoms with E-state index >= 15 is 0 Å². The lowest BCUT2D eigenvalue weighted by Crippen LogP contribution is -1.83. The van der Waals surface area contributed by atoms with Gasteiger partial charge in [0.1, 0.15) is 5.75 Å². The molecule has 0 saturated carbocycles. The second kappa shape index (κ2) is 3.48. The smallest absolute Gasteiger partial charge is 0.123 e. The standard InChI is InChI=1S/C12H12O/c13-12-9-5-7-10-6-3-1-2-4-8-11(10)12/h3-9,13H,1-2H2/b6-3-,8-4-. The molecular formula is C12H12O. The van der Waals surface area contributed by atoms with Gasteiger partial charge < -0.3 is 5.11 Å². The molecule has 0 atom stereocenters. The van der Waals surface area contributed by atoms with E-state index in [-0.39, 0.29) is 0 Å². The van der Waals surface area contributed by atoms with Crippen molar-refractivity contribution in [2.24, 2.45) is 0 Å². The van der Waals surface area contributed by atoms with E-state index in [0.29, 0.717) is 5.75 Å². The van der Waals surface area contributed by atoms with Crippen LogP contribution in [0.2, 0.25) is 0 Å². The molecule has 1 aromatic carbocycles. The SMILES string of the molecule is Oc1cccc2c1/C=C\CC/C=C\2. The fraction of sp³-hybridized carbons (Fsp3) is 0.167. The Bertz CT molecular complexity index is 361. The zero-order chi connectivity index (χ0) is 9.10. The van der Waals surface area contributed by atoms with Gasteiger partial charge in [-0.1, -0.05) is 36.4 Å². The largest absolute Gasteiger partial charge is 0.507 e. The Hall–Kier alpha value is -1.50. The maximum Gasteiger partial charge on any atom is 0.123 e. The highest BCUT2D eigenvalue weighted by molar-refractivity contribution is 5.70. The molecule has 0 aliphatic heterocycles. The first kappa shape index (κ1) is 8.11. The minimum atomic E-state index is 0.361. The van der Waals surface area contributed by atoms with Crippen molar-refractivity contribution in [1.82, 2.24) is 0 Å². The van der Waals surface area contributed by atoms with Crippen LogP contribution in [0.5, 0.6) is 5.75 Å². The summed E-state index contributed by atoms with van der Waals surface area (Å²) in [5, 5.41) is 9.59. The van der Waals surface area contributed by atoms with Gasteiger partial charge in [-0.3, -0.25) is 0 Å². The molecule has 1 N–H and O–H groups in total. The maximum atomic E-state index is 9.59. The summed E-state index contributed by atoms with van der Waals surface area (Å²) in [4.78, 5) is 0. The van der Waals surface area contributed by atoms with Gasteiger partial charge >= 0.3 is 0 Å². The van der Waals surface area contributed by atoms with E-state index < -0.39 is 0 Å². The summed E-state index contributed by atoms with van der Waals surface area (Å²) in [6.45, 7) is 0. The summed E-state index contributed by atoms with van der Waals surface area (Å²) in [5.41, 5.74) is 2.02. The number of phenolic OH excluding ortho intramolecular Hbond substituents is 1. The molecule has 0 spiro atoms. The molecule has 0 aromatic heterocycles. The number of phenols is 1. The van der Waals surface area contributed by atoms with Gasteiger partial charge in [0.05, 0.1) is 0 Å². The van der Waals surface area contributed by atoms with E-state index in [4.69, 9.17) is 0 Å². The summed E-state index contributed by atoms with van der Waals surface area (Å²) in [5.74, 6) is 0.361. The van der Waals surface area contributed by atoms with E-state index in [9.17, 15) is 5.11 Å². The Morgan fingerprint density at radius 3 is 2.62 bits per heavy atom. The van der Waals surface area contributed by atoms with Crippen molar-refractivity contribution in [2.75, 3.05) is 0 Å². The molecule has 0 fully saturated rings. The van der Waals surface area contributed by atoms with Crippen molar-refractivity contribution in [3.8, 4) is 5.75 Å². The van der Waals surface area contributed by atoms with Gasteiger partial charge in [0.25, 0.3) is 0 Å². The van der Waals surface area contributed by atoms with Crippen molar-refractivity contribution in [2.45, 2.75) is 12.8 Å². The number of benzene rings is 1. The molecule has 1 aromatic rings. The average Bonchev–Trinajstić information content (AvgIpc) is 2.07. The van der Waals surface area contributed by atoms with Gasteiger partial charge in [-0.15, -0.1) is 0 Å². The number of rotatable bonds is 0. The van der Waals surface area contributed by atoms with Crippen LogP contribution in [-0.2, 0) is 0 Å². The van der Waals surface area contributed by atoms with E-state index in [0.717, 1.165) is 24.0 Å². The van der Waals surface area contributed by atoms with Crippen molar-refractivity contribution in [1.29, 1.82) is 0 Å². The van der Waals surface area contributed by atoms with Crippen molar-refractivity contribution in [3.63, 3.8) is 0 Å². The monoisotopic (exact) mass is 172 g/mol. The third kappa shape index (κ3) is 1.64. The van der Waals surface area contributed by atoms with Gasteiger partial charge in [-0.2, -0.15) is 0 Å². The molecule has 13 heavy (non-hydrogen) atoms. The second-order valence-corrected chi connectivity index (χ2v) is 3.16. The molecule has 1 aliphatic carbocycles. The van der Waals surface area contributed by atoms with Crippen LogP contribution in [0.3, 0.4) is 0 Å². The second-order valence-electron chi connectivity index (χ2n) is 3.16. The third-order valence-corrected chi connectivity index (χ3v) is 2.20. The van der Waals surface area contributed by atoms with Crippen molar-refractivity contribution >= 4 is 12.2 Å². The van der Waals surface area contributed by atoms with E-state index in [1.54, 1.807) is 6.07 Å². The number of aromatic hydroxyl groups is 1. The summed E-state index contributed by atoms with van der Waals surface area (Å²) < 4.78 is 0. The zero-order valence-corrected chi connectivity index (χ0v) is 7.40. The predicted molar refractivity (Wildman–Crippen MR) is 55.4 cm³/mol. The number of hydrogen-bond acceptors (Lipinski definition) is 1. The average molecular weight is 172 g/mol. The Morgan fingerprint density at radius 1 is 1.00 bits per heavy atom. The topological polar surface area (TPSA) is 20.2 Å². The van der Waals surface area contributed by atoms with Gasteiger partial charge in [0.2, 0.25) is 0 Å². The molecule has 0 unspecified atom stereocenters. The molecule has 0 heterocycles. The lowest BCUT2D eigenvalue weighted by atomic mass is 10.0. The van der Waals surface area contributed by atoms with Gasteiger partial charge in [0.15, 0.2) is 0 Å². The fourth-order valence-corrected chi connectivity index (χ4v) is 1.50. The first-order valence-electron chi connectivity index (χ1n) is 4.53. The van der Waals surface area contributed by atoms with Crippen LogP contribution >= 0.6 is 0 Å². The first-order chi connectivity index (χ1) is 6.38. The van der Waals surface area contributed by atoms with E-state index in [1.807, 2.05) is 18.2 Å². The highest BCUT2D eigenvalue weighted by atomic mass is 16.3. The van der Waals surface area contributed by atoms with Gasteiger partial charge in [-0.05, 0) is 24.5 Å². The normalized spacial score (nSPS) is 19.7. The summed E-state index contributed by atoms with van der Waals surface area (Å²) in [6.07, 6.45) is 10.4. The Labute approximate surface area is 78.0 Å². The van der Waals surface area contributed by atoms with Crippen LogP contribution in [0.15, 0.2) is 30.4 Å². The molecule has 1 heteroatoms. The van der Waals surface area contributed by atoms with Crippen LogP contribution in [0.25, 0.3) is 12.2 Å². The Morgan fingerprint density at radius 2 is 1.77 bits per heavy atom. The zero-order valence-electron chi connectivity index (χ0n) is 7.40. The molecule has 0 bridgehead atoms. The highest BCUT2D eigenvalue weighted by Crippen LogP contribution is 2.25. The summed E-state index contributed by atoms with van der Waals surface area (Å²) in [6, 6.07) is 5.60. The highest BCUT2D eigenvalue weighted by Gasteiger charge is 2.02. The minimum absolute atomic E-state index is 0.361. The molecule has 1 nitrogen and oxygen atoms in total. The van der Waals surface area contributed by atoms with Crippen LogP contribution in [0, 0.1) is 0 Å². The summed E-state index contributed by atoms with van der Waals surface area (Å²) in [7, 11) is 0. The molecule has 1 aliphatic rings. The molecule has 0 radical (unpaired) electrons. The molecular weight excluding hydrogens is 160 g/mol. The first-order valence-corrected chi connectivity index (χ1v) is 4.53. The third-order valence-electron chi connectivity index (χ3n) is 2.20. The maximum absolute atomic E-state index is 9.59. The predicted octanol–water partition coefficient (Wildman–Crippen LogP) is 3.21. The summed E-state index contributed by atoms with van der Waals surface area (Å²) >= 11 is 0. The minimum Gasteiger partial charge on any atom is -0.507 e. The number of hydrogen-bond donors (Lipinski definition) is 1. The van der Waals surface area contributed by atoms with Crippen LogP contribution in [0.1, 0.15) is 24.0 Å². The van der Waals surface area contributed by atoms with E-state index in [1.165, 1.54) is 0 Å². The number of allylic oxidation sites excluding steroid dienone is 2. The number of fused-ring (bicyclic) bond motifs is 1.